The number of halogens is 1. The van der Waals surface area contributed by atoms with Crippen LogP contribution in [0.25, 0.3) is 10.9 Å². The van der Waals surface area contributed by atoms with Crippen LogP contribution in [0, 0.1) is 0 Å². The van der Waals surface area contributed by atoms with Crippen molar-refractivity contribution in [2.24, 2.45) is 0 Å². The summed E-state index contributed by atoms with van der Waals surface area (Å²) in [4.78, 5) is 21.2. The Morgan fingerprint density at radius 1 is 1.04 bits per heavy atom. The zero-order valence-corrected chi connectivity index (χ0v) is 14.7. The van der Waals surface area contributed by atoms with Gasteiger partial charge in [0.1, 0.15) is 0 Å². The van der Waals surface area contributed by atoms with Gasteiger partial charge in [-0.2, -0.15) is 0 Å². The van der Waals surface area contributed by atoms with Crippen molar-refractivity contribution in [2.75, 3.05) is 0 Å². The third kappa shape index (κ3) is 3.65. The average molecular weight is 362 g/mol. The smallest absolute Gasteiger partial charge is 0.168 e. The lowest BCUT2D eigenvalue weighted by atomic mass is 10.0. The first-order valence-electron chi connectivity index (χ1n) is 8.30. The number of fused-ring (bicyclic) bond motifs is 1. The van der Waals surface area contributed by atoms with Crippen molar-refractivity contribution < 1.29 is 4.79 Å². The first kappa shape index (κ1) is 16.5. The van der Waals surface area contributed by atoms with E-state index in [2.05, 4.69) is 9.97 Å². The SMILES string of the molecule is O=C(Cc1cn(Cc2cccc(Cl)c2)cn1)c1ccc2ncccc2c1. The molecule has 4 aromatic rings. The second-order valence-electron chi connectivity index (χ2n) is 6.18. The van der Waals surface area contributed by atoms with Crippen molar-refractivity contribution in [2.45, 2.75) is 13.0 Å². The highest BCUT2D eigenvalue weighted by molar-refractivity contribution is 6.30. The van der Waals surface area contributed by atoms with E-state index < -0.39 is 0 Å². The molecule has 0 amide bonds. The Morgan fingerprint density at radius 2 is 1.96 bits per heavy atom. The lowest BCUT2D eigenvalue weighted by Gasteiger charge is -2.03. The van der Waals surface area contributed by atoms with Crippen molar-refractivity contribution in [3.05, 3.63) is 95.2 Å². The molecular weight excluding hydrogens is 346 g/mol. The number of hydrogen-bond donors (Lipinski definition) is 0. The van der Waals surface area contributed by atoms with Gasteiger partial charge in [0.25, 0.3) is 0 Å². The van der Waals surface area contributed by atoms with Gasteiger partial charge < -0.3 is 4.57 Å². The fourth-order valence-corrected chi connectivity index (χ4v) is 3.16. The van der Waals surface area contributed by atoms with Crippen molar-refractivity contribution in [1.29, 1.82) is 0 Å². The molecule has 0 aliphatic rings. The Labute approximate surface area is 156 Å². The van der Waals surface area contributed by atoms with Crippen molar-refractivity contribution in [1.82, 2.24) is 14.5 Å². The van der Waals surface area contributed by atoms with Gasteiger partial charge in [-0.25, -0.2) is 4.98 Å². The third-order valence-electron chi connectivity index (χ3n) is 4.21. The predicted octanol–water partition coefficient (Wildman–Crippen LogP) is 4.56. The standard InChI is InChI=1S/C21H16ClN3O/c22-18-5-1-3-15(9-18)12-25-13-19(24-14-25)11-21(26)17-6-7-20-16(10-17)4-2-8-23-20/h1-10,13-14H,11-12H2. The van der Waals surface area contributed by atoms with Crippen LogP contribution < -0.4 is 0 Å². The second kappa shape index (κ2) is 7.10. The molecule has 0 saturated carbocycles. The fourth-order valence-electron chi connectivity index (χ4n) is 2.95. The molecule has 0 unspecified atom stereocenters. The zero-order valence-electron chi connectivity index (χ0n) is 14.0. The molecule has 0 N–H and O–H groups in total. The van der Waals surface area contributed by atoms with E-state index in [0.717, 1.165) is 22.2 Å². The van der Waals surface area contributed by atoms with E-state index in [9.17, 15) is 4.79 Å². The summed E-state index contributed by atoms with van der Waals surface area (Å²) in [5, 5.41) is 1.67. The van der Waals surface area contributed by atoms with Crippen LogP contribution in [0.15, 0.2) is 73.3 Å². The lowest BCUT2D eigenvalue weighted by Crippen LogP contribution is -2.04. The molecule has 0 aliphatic heterocycles. The normalized spacial score (nSPS) is 11.0. The maximum atomic E-state index is 12.6. The Morgan fingerprint density at radius 3 is 2.85 bits per heavy atom. The van der Waals surface area contributed by atoms with Crippen molar-refractivity contribution >= 4 is 28.3 Å². The predicted molar refractivity (Wildman–Crippen MR) is 103 cm³/mol. The summed E-state index contributed by atoms with van der Waals surface area (Å²) in [7, 11) is 0. The van der Waals surface area contributed by atoms with Gasteiger partial charge in [-0.05, 0) is 42.0 Å². The molecule has 0 bridgehead atoms. The van der Waals surface area contributed by atoms with Crippen molar-refractivity contribution in [3.8, 4) is 0 Å². The number of pyridine rings is 1. The Bertz CT molecular complexity index is 1090. The largest absolute Gasteiger partial charge is 0.333 e. The Hall–Kier alpha value is -2.98. The molecule has 0 radical (unpaired) electrons. The molecule has 2 aromatic carbocycles. The van der Waals surface area contributed by atoms with Crippen LogP contribution in [0.4, 0.5) is 0 Å². The van der Waals surface area contributed by atoms with Crippen LogP contribution >= 0.6 is 11.6 Å². The van der Waals surface area contributed by atoms with Crippen LogP contribution in [0.1, 0.15) is 21.6 Å². The molecule has 0 atom stereocenters. The number of imidazole rings is 1. The quantitative estimate of drug-likeness (QED) is 0.489. The van der Waals surface area contributed by atoms with Gasteiger partial charge in [0.15, 0.2) is 5.78 Å². The summed E-state index contributed by atoms with van der Waals surface area (Å²) in [5.74, 6) is 0.0451. The minimum absolute atomic E-state index is 0.0451. The maximum Gasteiger partial charge on any atom is 0.168 e. The molecule has 5 heteroatoms. The fraction of sp³-hybridized carbons (Fsp3) is 0.0952. The molecule has 4 rings (SSSR count). The number of hydrogen-bond acceptors (Lipinski definition) is 3. The van der Waals surface area contributed by atoms with E-state index in [1.165, 1.54) is 0 Å². The number of benzene rings is 2. The molecule has 0 fully saturated rings. The van der Waals surface area contributed by atoms with E-state index >= 15 is 0 Å². The number of carbonyl (C=O) groups excluding carboxylic acids is 1. The molecule has 0 spiro atoms. The van der Waals surface area contributed by atoms with E-state index in [1.54, 1.807) is 12.5 Å². The second-order valence-corrected chi connectivity index (χ2v) is 6.61. The molecule has 4 nitrogen and oxygen atoms in total. The monoisotopic (exact) mass is 361 g/mol. The maximum absolute atomic E-state index is 12.6. The number of rotatable bonds is 5. The van der Waals surface area contributed by atoms with Gasteiger partial charge in [-0.3, -0.25) is 9.78 Å². The molecular formula is C21H16ClN3O. The summed E-state index contributed by atoms with van der Waals surface area (Å²) in [6, 6.07) is 17.1. The summed E-state index contributed by atoms with van der Waals surface area (Å²) in [6.45, 7) is 0.670. The van der Waals surface area contributed by atoms with Gasteiger partial charge in [0.2, 0.25) is 0 Å². The van der Waals surface area contributed by atoms with Crippen LogP contribution in [0.5, 0.6) is 0 Å². The molecule has 2 aromatic heterocycles. The minimum atomic E-state index is 0.0451. The lowest BCUT2D eigenvalue weighted by molar-refractivity contribution is 0.0992. The van der Waals surface area contributed by atoms with Gasteiger partial charge in [0, 0.05) is 34.9 Å². The van der Waals surface area contributed by atoms with Crippen LogP contribution in [0.2, 0.25) is 5.02 Å². The zero-order chi connectivity index (χ0) is 17.9. The highest BCUT2D eigenvalue weighted by atomic mass is 35.5. The Balaban J connectivity index is 1.48. The van der Waals surface area contributed by atoms with Gasteiger partial charge in [-0.15, -0.1) is 0 Å². The molecule has 128 valence electrons. The highest BCUT2D eigenvalue weighted by Gasteiger charge is 2.10. The van der Waals surface area contributed by atoms with Crippen LogP contribution in [-0.2, 0) is 13.0 Å². The molecule has 26 heavy (non-hydrogen) atoms. The third-order valence-corrected chi connectivity index (χ3v) is 4.44. The summed E-state index contributed by atoms with van der Waals surface area (Å²) < 4.78 is 1.96. The number of carbonyl (C=O) groups is 1. The minimum Gasteiger partial charge on any atom is -0.333 e. The van der Waals surface area contributed by atoms with Crippen molar-refractivity contribution in [3.63, 3.8) is 0 Å². The Kier molecular flexibility index (Phi) is 4.50. The van der Waals surface area contributed by atoms with Gasteiger partial charge in [-0.1, -0.05) is 29.8 Å². The number of ketones is 1. The highest BCUT2D eigenvalue weighted by Crippen LogP contribution is 2.16. The van der Waals surface area contributed by atoms with Gasteiger partial charge in [0.05, 0.1) is 24.0 Å². The van der Waals surface area contributed by atoms with E-state index in [0.29, 0.717) is 17.1 Å². The van der Waals surface area contributed by atoms with Gasteiger partial charge >= 0.3 is 0 Å². The van der Waals surface area contributed by atoms with Crippen LogP contribution in [-0.4, -0.2) is 20.3 Å². The molecule has 0 saturated heterocycles. The topological polar surface area (TPSA) is 47.8 Å². The molecule has 2 heterocycles. The first-order chi connectivity index (χ1) is 12.7. The summed E-state index contributed by atoms with van der Waals surface area (Å²) in [5.41, 5.74) is 3.41. The summed E-state index contributed by atoms with van der Waals surface area (Å²) >= 11 is 6.02. The number of nitrogens with zero attached hydrogens (tertiary/aromatic N) is 3. The van der Waals surface area contributed by atoms with Crippen LogP contribution in [0.3, 0.4) is 0 Å². The number of Topliss-reactive ketones (excluding diaryl/α,β-unsaturated/α-hetero) is 1. The first-order valence-corrected chi connectivity index (χ1v) is 8.68. The number of aromatic nitrogens is 3. The average Bonchev–Trinajstić information content (AvgIpc) is 3.08. The van der Waals surface area contributed by atoms with E-state index in [-0.39, 0.29) is 12.2 Å². The van der Waals surface area contributed by atoms with E-state index in [4.69, 9.17) is 11.6 Å². The molecule has 0 aliphatic carbocycles. The van der Waals surface area contributed by atoms with E-state index in [1.807, 2.05) is 65.4 Å². The summed E-state index contributed by atoms with van der Waals surface area (Å²) in [6.07, 6.45) is 5.67.